The maximum absolute atomic E-state index is 12.4. The summed E-state index contributed by atoms with van der Waals surface area (Å²) in [4.78, 5) is 14.8. The second-order valence-electron chi connectivity index (χ2n) is 6.93. The van der Waals surface area contributed by atoms with Gasteiger partial charge >= 0.3 is 5.97 Å². The Labute approximate surface area is 179 Å². The van der Waals surface area contributed by atoms with E-state index in [9.17, 15) is 4.79 Å². The van der Waals surface area contributed by atoms with Gasteiger partial charge in [-0.05, 0) is 50.0 Å². The van der Waals surface area contributed by atoms with Gasteiger partial charge in [-0.3, -0.25) is 0 Å². The van der Waals surface area contributed by atoms with E-state index in [2.05, 4.69) is 36.1 Å². The van der Waals surface area contributed by atoms with Crippen LogP contribution < -0.4 is 14.2 Å². The van der Waals surface area contributed by atoms with Crippen LogP contribution in [-0.2, 0) is 11.2 Å². The number of nitrogens with zero attached hydrogens (tertiary/aromatic N) is 1. The van der Waals surface area contributed by atoms with Crippen LogP contribution in [-0.4, -0.2) is 58.4 Å². The number of ether oxygens (including phenoxy) is 4. The summed E-state index contributed by atoms with van der Waals surface area (Å²) in [5.41, 5.74) is 1.73. The van der Waals surface area contributed by atoms with E-state index in [-0.39, 0.29) is 0 Å². The minimum Gasteiger partial charge on any atom is -0.493 e. The Balaban J connectivity index is 1.76. The summed E-state index contributed by atoms with van der Waals surface area (Å²) in [5, 5.41) is 0. The number of hydrogen-bond acceptors (Lipinski definition) is 6. The van der Waals surface area contributed by atoms with Crippen LogP contribution in [0.15, 0.2) is 42.5 Å². The number of rotatable bonds is 13. The van der Waals surface area contributed by atoms with Crippen molar-refractivity contribution in [3.05, 3.63) is 53.6 Å². The number of methoxy groups -OCH3 is 3. The lowest BCUT2D eigenvalue weighted by Gasteiger charge is -2.20. The number of carbonyl (C=O) groups is 1. The summed E-state index contributed by atoms with van der Waals surface area (Å²) in [5.74, 6) is 0.916. The molecule has 0 atom stereocenters. The molecule has 2 rings (SSSR count). The third kappa shape index (κ3) is 6.95. The molecule has 6 heteroatoms. The van der Waals surface area contributed by atoms with Gasteiger partial charge in [0.1, 0.15) is 0 Å². The van der Waals surface area contributed by atoms with E-state index in [0.717, 1.165) is 38.9 Å². The molecule has 0 fully saturated rings. The molecule has 0 N–H and O–H groups in total. The molecule has 0 bridgehead atoms. The molecule has 0 unspecified atom stereocenters. The van der Waals surface area contributed by atoms with Gasteiger partial charge < -0.3 is 23.8 Å². The Morgan fingerprint density at radius 1 is 0.900 bits per heavy atom. The van der Waals surface area contributed by atoms with Crippen molar-refractivity contribution in [2.24, 2.45) is 0 Å². The van der Waals surface area contributed by atoms with Gasteiger partial charge in [-0.1, -0.05) is 37.3 Å². The van der Waals surface area contributed by atoms with Gasteiger partial charge in [0.05, 0.1) is 33.5 Å². The molecule has 0 saturated carbocycles. The van der Waals surface area contributed by atoms with Gasteiger partial charge in [-0.2, -0.15) is 0 Å². The summed E-state index contributed by atoms with van der Waals surface area (Å²) < 4.78 is 21.3. The van der Waals surface area contributed by atoms with Crippen molar-refractivity contribution in [3.63, 3.8) is 0 Å². The third-order valence-corrected chi connectivity index (χ3v) is 5.01. The van der Waals surface area contributed by atoms with E-state index in [1.165, 1.54) is 26.9 Å². The Bertz CT molecular complexity index is 753. The van der Waals surface area contributed by atoms with Crippen LogP contribution in [0, 0.1) is 0 Å². The second-order valence-corrected chi connectivity index (χ2v) is 6.93. The Kier molecular flexibility index (Phi) is 10.0. The molecule has 2 aromatic carbocycles. The van der Waals surface area contributed by atoms with Crippen molar-refractivity contribution in [1.82, 2.24) is 4.90 Å². The predicted octanol–water partition coefficient (Wildman–Crippen LogP) is 4.21. The number of esters is 1. The molecular formula is C24H33NO5. The van der Waals surface area contributed by atoms with E-state index < -0.39 is 5.97 Å². The number of hydrogen-bond donors (Lipinski definition) is 0. The first kappa shape index (κ1) is 23.5. The van der Waals surface area contributed by atoms with Gasteiger partial charge in [0.2, 0.25) is 5.75 Å². The van der Waals surface area contributed by atoms with Crippen LogP contribution >= 0.6 is 0 Å². The standard InChI is InChI=1S/C24H33NO5/c1-5-25(15-13-19-11-7-6-8-12-19)14-9-10-16-30-24(26)20-17-21(27-2)23(29-4)22(18-20)28-3/h6-8,11-12,17-18H,5,9-10,13-16H2,1-4H3. The van der Waals surface area contributed by atoms with E-state index in [1.807, 2.05) is 6.07 Å². The smallest absolute Gasteiger partial charge is 0.338 e. The van der Waals surface area contributed by atoms with Crippen molar-refractivity contribution in [2.75, 3.05) is 47.6 Å². The second kappa shape index (κ2) is 12.8. The fourth-order valence-electron chi connectivity index (χ4n) is 3.24. The normalized spacial score (nSPS) is 10.7. The maximum Gasteiger partial charge on any atom is 0.338 e. The maximum atomic E-state index is 12.4. The minimum atomic E-state index is -0.398. The number of carbonyl (C=O) groups excluding carboxylic acids is 1. The fourth-order valence-corrected chi connectivity index (χ4v) is 3.24. The van der Waals surface area contributed by atoms with Gasteiger partial charge in [0, 0.05) is 6.54 Å². The molecule has 0 radical (unpaired) electrons. The largest absolute Gasteiger partial charge is 0.493 e. The summed E-state index contributed by atoms with van der Waals surface area (Å²) in [6.07, 6.45) is 2.84. The van der Waals surface area contributed by atoms with Crippen molar-refractivity contribution in [3.8, 4) is 17.2 Å². The van der Waals surface area contributed by atoms with Crippen molar-refractivity contribution >= 4 is 5.97 Å². The van der Waals surface area contributed by atoms with Crippen LogP contribution in [0.1, 0.15) is 35.7 Å². The Morgan fingerprint density at radius 2 is 1.57 bits per heavy atom. The average molecular weight is 416 g/mol. The highest BCUT2D eigenvalue weighted by Crippen LogP contribution is 2.38. The van der Waals surface area contributed by atoms with E-state index in [4.69, 9.17) is 18.9 Å². The molecule has 0 heterocycles. The molecule has 0 aromatic heterocycles. The van der Waals surface area contributed by atoms with Crippen LogP contribution in [0.5, 0.6) is 17.2 Å². The molecule has 6 nitrogen and oxygen atoms in total. The van der Waals surface area contributed by atoms with Crippen LogP contribution in [0.2, 0.25) is 0 Å². The molecule has 0 aliphatic heterocycles. The van der Waals surface area contributed by atoms with E-state index in [0.29, 0.717) is 29.4 Å². The summed E-state index contributed by atoms with van der Waals surface area (Å²) in [7, 11) is 4.56. The first-order valence-electron chi connectivity index (χ1n) is 10.4. The molecule has 164 valence electrons. The topological polar surface area (TPSA) is 57.2 Å². The van der Waals surface area contributed by atoms with Crippen LogP contribution in [0.4, 0.5) is 0 Å². The lowest BCUT2D eigenvalue weighted by Crippen LogP contribution is -2.27. The first-order valence-corrected chi connectivity index (χ1v) is 10.4. The SMILES string of the molecule is CCN(CCCCOC(=O)c1cc(OC)c(OC)c(OC)c1)CCc1ccccc1. The summed E-state index contributed by atoms with van der Waals surface area (Å²) in [6, 6.07) is 13.7. The van der Waals surface area contributed by atoms with Crippen molar-refractivity contribution in [2.45, 2.75) is 26.2 Å². The lowest BCUT2D eigenvalue weighted by molar-refractivity contribution is 0.0494. The molecule has 0 saturated heterocycles. The summed E-state index contributed by atoms with van der Waals surface area (Å²) in [6.45, 7) is 5.59. The molecule has 0 aliphatic rings. The Hall–Kier alpha value is -2.73. The summed E-state index contributed by atoms with van der Waals surface area (Å²) >= 11 is 0. The molecule has 30 heavy (non-hydrogen) atoms. The quantitative estimate of drug-likeness (QED) is 0.361. The minimum absolute atomic E-state index is 0.377. The molecule has 0 aliphatic carbocycles. The lowest BCUT2D eigenvalue weighted by atomic mass is 10.1. The monoisotopic (exact) mass is 415 g/mol. The molecule has 2 aromatic rings. The molecule has 0 amide bonds. The fraction of sp³-hybridized carbons (Fsp3) is 0.458. The zero-order chi connectivity index (χ0) is 21.8. The third-order valence-electron chi connectivity index (χ3n) is 5.01. The van der Waals surface area contributed by atoms with Crippen molar-refractivity contribution in [1.29, 1.82) is 0 Å². The number of likely N-dealkylation sites (N-methyl/N-ethyl adjacent to an activating group) is 1. The van der Waals surface area contributed by atoms with Gasteiger partial charge in [-0.25, -0.2) is 4.79 Å². The highest BCUT2D eigenvalue weighted by Gasteiger charge is 2.17. The van der Waals surface area contributed by atoms with Crippen molar-refractivity contribution < 1.29 is 23.7 Å². The zero-order valence-electron chi connectivity index (χ0n) is 18.5. The van der Waals surface area contributed by atoms with E-state index >= 15 is 0 Å². The van der Waals surface area contributed by atoms with Gasteiger partial charge in [0.25, 0.3) is 0 Å². The zero-order valence-corrected chi connectivity index (χ0v) is 18.5. The van der Waals surface area contributed by atoms with Crippen LogP contribution in [0.3, 0.4) is 0 Å². The highest BCUT2D eigenvalue weighted by molar-refractivity contribution is 5.91. The Morgan fingerprint density at radius 3 is 2.13 bits per heavy atom. The number of benzene rings is 2. The van der Waals surface area contributed by atoms with Gasteiger partial charge in [0.15, 0.2) is 11.5 Å². The average Bonchev–Trinajstić information content (AvgIpc) is 2.80. The molecule has 0 spiro atoms. The van der Waals surface area contributed by atoms with E-state index in [1.54, 1.807) is 12.1 Å². The van der Waals surface area contributed by atoms with Gasteiger partial charge in [-0.15, -0.1) is 0 Å². The first-order chi connectivity index (χ1) is 14.6. The molecular weight excluding hydrogens is 382 g/mol. The predicted molar refractivity (Wildman–Crippen MR) is 118 cm³/mol. The number of unbranched alkanes of at least 4 members (excludes halogenated alkanes) is 1. The van der Waals surface area contributed by atoms with Crippen LogP contribution in [0.25, 0.3) is 0 Å². The highest BCUT2D eigenvalue weighted by atomic mass is 16.5.